The first kappa shape index (κ1) is 14.9. The first-order chi connectivity index (χ1) is 9.56. The Hall–Kier alpha value is -1.55. The van der Waals surface area contributed by atoms with Crippen LogP contribution in [-0.2, 0) is 4.79 Å². The lowest BCUT2D eigenvalue weighted by molar-refractivity contribution is -0.121. The predicted molar refractivity (Wildman–Crippen MR) is 81.1 cm³/mol. The molecule has 1 N–H and O–H groups in total. The predicted octanol–water partition coefficient (Wildman–Crippen LogP) is 2.75. The number of likely N-dealkylation sites (tertiary alicyclic amines) is 1. The van der Waals surface area contributed by atoms with Gasteiger partial charge in [-0.15, -0.1) is 0 Å². The van der Waals surface area contributed by atoms with Crippen molar-refractivity contribution in [3.05, 3.63) is 24.3 Å². The molecule has 2 rings (SSSR count). The van der Waals surface area contributed by atoms with E-state index in [2.05, 4.69) is 17.3 Å². The second kappa shape index (κ2) is 6.75. The van der Waals surface area contributed by atoms with Gasteiger partial charge in [-0.25, -0.2) is 0 Å². The fourth-order valence-electron chi connectivity index (χ4n) is 2.43. The second-order valence-corrected chi connectivity index (χ2v) is 5.73. The molecule has 1 amide bonds. The van der Waals surface area contributed by atoms with E-state index in [1.54, 1.807) is 0 Å². The number of anilines is 1. The van der Waals surface area contributed by atoms with Gasteiger partial charge in [0.2, 0.25) is 5.91 Å². The standard InChI is InChI=1S/C16H24N2O2/c1-12(2)20-15-7-5-4-6-14(15)17-16(19)13-8-10-18(3)11-9-13/h4-7,12-13H,8-11H2,1-3H3,(H,17,19). The van der Waals surface area contributed by atoms with E-state index in [4.69, 9.17) is 4.74 Å². The van der Waals surface area contributed by atoms with E-state index < -0.39 is 0 Å². The molecule has 1 fully saturated rings. The van der Waals surface area contributed by atoms with E-state index in [1.165, 1.54) is 0 Å². The van der Waals surface area contributed by atoms with Crippen molar-refractivity contribution in [2.24, 2.45) is 5.92 Å². The van der Waals surface area contributed by atoms with Crippen molar-refractivity contribution in [1.29, 1.82) is 0 Å². The van der Waals surface area contributed by atoms with E-state index in [0.717, 1.165) is 37.4 Å². The number of nitrogens with zero attached hydrogens (tertiary/aromatic N) is 1. The minimum absolute atomic E-state index is 0.0939. The van der Waals surface area contributed by atoms with Crippen LogP contribution in [0.1, 0.15) is 26.7 Å². The molecule has 1 saturated heterocycles. The number of piperidine rings is 1. The highest BCUT2D eigenvalue weighted by atomic mass is 16.5. The lowest BCUT2D eigenvalue weighted by atomic mass is 9.96. The van der Waals surface area contributed by atoms with E-state index in [9.17, 15) is 4.79 Å². The van der Waals surface area contributed by atoms with Crippen LogP contribution < -0.4 is 10.1 Å². The Bertz CT molecular complexity index is 452. The molecule has 0 radical (unpaired) electrons. The number of hydrogen-bond acceptors (Lipinski definition) is 3. The molecule has 110 valence electrons. The normalized spacial score (nSPS) is 17.2. The molecule has 0 atom stereocenters. The summed E-state index contributed by atoms with van der Waals surface area (Å²) in [7, 11) is 2.10. The number of amides is 1. The van der Waals surface area contributed by atoms with Gasteiger partial charge in [-0.05, 0) is 59.0 Å². The molecule has 1 heterocycles. The average Bonchev–Trinajstić information content (AvgIpc) is 2.41. The Balaban J connectivity index is 2.00. The third-order valence-electron chi connectivity index (χ3n) is 3.60. The zero-order chi connectivity index (χ0) is 14.5. The number of nitrogens with one attached hydrogen (secondary N) is 1. The summed E-state index contributed by atoms with van der Waals surface area (Å²) < 4.78 is 5.73. The van der Waals surface area contributed by atoms with Gasteiger partial charge >= 0.3 is 0 Å². The summed E-state index contributed by atoms with van der Waals surface area (Å²) in [5.41, 5.74) is 0.769. The van der Waals surface area contributed by atoms with Crippen LogP contribution in [0.2, 0.25) is 0 Å². The van der Waals surface area contributed by atoms with Crippen molar-refractivity contribution < 1.29 is 9.53 Å². The highest BCUT2D eigenvalue weighted by Crippen LogP contribution is 2.26. The van der Waals surface area contributed by atoms with E-state index >= 15 is 0 Å². The minimum Gasteiger partial charge on any atom is -0.489 e. The van der Waals surface area contributed by atoms with Crippen molar-refractivity contribution >= 4 is 11.6 Å². The Morgan fingerprint density at radius 1 is 1.30 bits per heavy atom. The van der Waals surface area contributed by atoms with E-state index in [0.29, 0.717) is 0 Å². The number of carbonyl (C=O) groups excluding carboxylic acids is 1. The fraction of sp³-hybridized carbons (Fsp3) is 0.562. The van der Waals surface area contributed by atoms with E-state index in [-0.39, 0.29) is 17.9 Å². The molecule has 4 nitrogen and oxygen atoms in total. The van der Waals surface area contributed by atoms with Gasteiger partial charge < -0.3 is 15.0 Å². The fourth-order valence-corrected chi connectivity index (χ4v) is 2.43. The van der Waals surface area contributed by atoms with Crippen LogP contribution in [0.15, 0.2) is 24.3 Å². The monoisotopic (exact) mass is 276 g/mol. The molecular weight excluding hydrogens is 252 g/mol. The van der Waals surface area contributed by atoms with Gasteiger partial charge in [0.05, 0.1) is 11.8 Å². The van der Waals surface area contributed by atoms with Gasteiger partial charge in [0.1, 0.15) is 5.75 Å². The van der Waals surface area contributed by atoms with E-state index in [1.807, 2.05) is 38.1 Å². The Labute approximate surface area is 121 Å². The van der Waals surface area contributed by atoms with Gasteiger partial charge in [0.15, 0.2) is 0 Å². The maximum absolute atomic E-state index is 12.3. The Kier molecular flexibility index (Phi) is 5.01. The van der Waals surface area contributed by atoms with Crippen molar-refractivity contribution in [1.82, 2.24) is 4.90 Å². The van der Waals surface area contributed by atoms with Crippen LogP contribution >= 0.6 is 0 Å². The molecule has 1 aliphatic heterocycles. The van der Waals surface area contributed by atoms with Gasteiger partial charge in [-0.2, -0.15) is 0 Å². The van der Waals surface area contributed by atoms with Crippen LogP contribution in [0.3, 0.4) is 0 Å². The number of carbonyl (C=O) groups is 1. The highest BCUT2D eigenvalue weighted by molar-refractivity contribution is 5.94. The van der Waals surface area contributed by atoms with Crippen LogP contribution in [0, 0.1) is 5.92 Å². The zero-order valence-electron chi connectivity index (χ0n) is 12.6. The summed E-state index contributed by atoms with van der Waals surface area (Å²) in [5, 5.41) is 3.02. The van der Waals surface area contributed by atoms with Gasteiger partial charge in [-0.1, -0.05) is 12.1 Å². The summed E-state index contributed by atoms with van der Waals surface area (Å²) in [4.78, 5) is 14.6. The number of hydrogen-bond donors (Lipinski definition) is 1. The molecule has 1 aromatic rings. The largest absolute Gasteiger partial charge is 0.489 e. The minimum atomic E-state index is 0.0939. The number of ether oxygens (including phenoxy) is 1. The van der Waals surface area contributed by atoms with Crippen LogP contribution in [0.4, 0.5) is 5.69 Å². The van der Waals surface area contributed by atoms with Crippen molar-refractivity contribution in [3.63, 3.8) is 0 Å². The number of benzene rings is 1. The first-order valence-electron chi connectivity index (χ1n) is 7.31. The maximum atomic E-state index is 12.3. The topological polar surface area (TPSA) is 41.6 Å². The third-order valence-corrected chi connectivity index (χ3v) is 3.60. The molecule has 0 aromatic heterocycles. The molecule has 4 heteroatoms. The lowest BCUT2D eigenvalue weighted by Crippen LogP contribution is -2.36. The van der Waals surface area contributed by atoms with Crippen LogP contribution in [0.5, 0.6) is 5.75 Å². The molecule has 0 spiro atoms. The number of rotatable bonds is 4. The van der Waals surface area contributed by atoms with Gasteiger partial charge in [0, 0.05) is 5.92 Å². The third kappa shape index (κ3) is 3.97. The second-order valence-electron chi connectivity index (χ2n) is 5.73. The van der Waals surface area contributed by atoms with Crippen LogP contribution in [0.25, 0.3) is 0 Å². The number of para-hydroxylation sites is 2. The highest BCUT2D eigenvalue weighted by Gasteiger charge is 2.24. The Morgan fingerprint density at radius 3 is 2.60 bits per heavy atom. The average molecular weight is 276 g/mol. The molecule has 20 heavy (non-hydrogen) atoms. The van der Waals surface area contributed by atoms with Crippen molar-refractivity contribution in [2.75, 3.05) is 25.5 Å². The summed E-state index contributed by atoms with van der Waals surface area (Å²) in [6.45, 7) is 5.94. The summed E-state index contributed by atoms with van der Waals surface area (Å²) in [5.74, 6) is 0.958. The molecular formula is C16H24N2O2. The molecule has 0 saturated carbocycles. The quantitative estimate of drug-likeness (QED) is 0.919. The van der Waals surface area contributed by atoms with Crippen molar-refractivity contribution in [3.8, 4) is 5.75 Å². The zero-order valence-corrected chi connectivity index (χ0v) is 12.6. The molecule has 1 aromatic carbocycles. The smallest absolute Gasteiger partial charge is 0.227 e. The summed E-state index contributed by atoms with van der Waals surface area (Å²) in [6.07, 6.45) is 1.95. The molecule has 0 bridgehead atoms. The summed E-state index contributed by atoms with van der Waals surface area (Å²) in [6, 6.07) is 7.62. The van der Waals surface area contributed by atoms with Crippen LogP contribution in [-0.4, -0.2) is 37.0 Å². The molecule has 0 aliphatic carbocycles. The molecule has 0 unspecified atom stereocenters. The SMILES string of the molecule is CC(C)Oc1ccccc1NC(=O)C1CCN(C)CC1. The van der Waals surface area contributed by atoms with Gasteiger partial charge in [0.25, 0.3) is 0 Å². The first-order valence-corrected chi connectivity index (χ1v) is 7.31. The maximum Gasteiger partial charge on any atom is 0.227 e. The lowest BCUT2D eigenvalue weighted by Gasteiger charge is -2.28. The van der Waals surface area contributed by atoms with Crippen molar-refractivity contribution in [2.45, 2.75) is 32.8 Å². The van der Waals surface area contributed by atoms with Gasteiger partial charge in [-0.3, -0.25) is 4.79 Å². The summed E-state index contributed by atoms with van der Waals surface area (Å²) >= 11 is 0. The molecule has 1 aliphatic rings. The Morgan fingerprint density at radius 2 is 1.95 bits per heavy atom.